The lowest BCUT2D eigenvalue weighted by Gasteiger charge is -2.20. The van der Waals surface area contributed by atoms with Crippen molar-refractivity contribution >= 4 is 22.5 Å². The van der Waals surface area contributed by atoms with Crippen molar-refractivity contribution in [1.82, 2.24) is 20.5 Å². The summed E-state index contributed by atoms with van der Waals surface area (Å²) in [6.45, 7) is 0.884. The summed E-state index contributed by atoms with van der Waals surface area (Å²) in [6.07, 6.45) is -0.977. The molecule has 1 unspecified atom stereocenters. The van der Waals surface area contributed by atoms with E-state index in [2.05, 4.69) is 20.5 Å². The minimum atomic E-state index is -4.85. The summed E-state index contributed by atoms with van der Waals surface area (Å²) in [5, 5.41) is 13.3. The molecule has 3 heterocycles. The molecule has 1 N–H and O–H groups in total. The topological polar surface area (TPSA) is 71.0 Å². The SMILES string of the molecule is O=C(NC1CCN(c2nnc(-c3ccncc3)c3ccccc23)C1)c1ccc(F)cc1C(F)(F)F. The fourth-order valence-corrected chi connectivity index (χ4v) is 4.33. The van der Waals surface area contributed by atoms with Crippen LogP contribution in [0.25, 0.3) is 22.0 Å². The number of nitrogens with one attached hydrogen (secondary N) is 1. The first kappa shape index (κ1) is 22.7. The van der Waals surface area contributed by atoms with Crippen molar-refractivity contribution in [2.75, 3.05) is 18.0 Å². The Morgan fingerprint density at radius 2 is 1.74 bits per heavy atom. The van der Waals surface area contributed by atoms with Gasteiger partial charge in [0.15, 0.2) is 5.82 Å². The lowest BCUT2D eigenvalue weighted by molar-refractivity contribution is -0.138. The Morgan fingerprint density at radius 3 is 2.49 bits per heavy atom. The summed E-state index contributed by atoms with van der Waals surface area (Å²) < 4.78 is 53.3. The van der Waals surface area contributed by atoms with Gasteiger partial charge in [-0.3, -0.25) is 9.78 Å². The van der Waals surface area contributed by atoms with Gasteiger partial charge in [0, 0.05) is 47.9 Å². The molecule has 0 spiro atoms. The highest BCUT2D eigenvalue weighted by Gasteiger charge is 2.36. The van der Waals surface area contributed by atoms with Crippen LogP contribution in [-0.4, -0.2) is 40.2 Å². The van der Waals surface area contributed by atoms with Gasteiger partial charge in [0.1, 0.15) is 11.5 Å². The summed E-state index contributed by atoms with van der Waals surface area (Å²) in [4.78, 5) is 18.6. The lowest BCUT2D eigenvalue weighted by atomic mass is 10.1. The minimum absolute atomic E-state index is 0.335. The van der Waals surface area contributed by atoms with Crippen molar-refractivity contribution in [2.45, 2.75) is 18.6 Å². The van der Waals surface area contributed by atoms with Crippen LogP contribution in [0, 0.1) is 5.82 Å². The first-order valence-electron chi connectivity index (χ1n) is 10.9. The molecule has 35 heavy (non-hydrogen) atoms. The van der Waals surface area contributed by atoms with Crippen LogP contribution in [0.15, 0.2) is 67.0 Å². The van der Waals surface area contributed by atoms with Crippen LogP contribution in [0.1, 0.15) is 22.3 Å². The Labute approximate surface area is 197 Å². The molecule has 1 aliphatic rings. The molecule has 1 aliphatic heterocycles. The zero-order valence-electron chi connectivity index (χ0n) is 18.3. The van der Waals surface area contributed by atoms with E-state index in [1.54, 1.807) is 12.4 Å². The summed E-state index contributed by atoms with van der Waals surface area (Å²) in [5.41, 5.74) is -0.314. The number of hydrogen-bond acceptors (Lipinski definition) is 5. The van der Waals surface area contributed by atoms with E-state index >= 15 is 0 Å². The number of fused-ring (bicyclic) bond motifs is 1. The molecule has 0 aliphatic carbocycles. The molecular formula is C25H19F4N5O. The Bertz CT molecular complexity index is 1390. The Balaban J connectivity index is 1.38. The van der Waals surface area contributed by atoms with Crippen molar-refractivity contribution in [3.05, 3.63) is 83.9 Å². The highest BCUT2D eigenvalue weighted by atomic mass is 19.4. The zero-order valence-corrected chi connectivity index (χ0v) is 18.3. The number of hydrogen-bond donors (Lipinski definition) is 1. The van der Waals surface area contributed by atoms with Gasteiger partial charge < -0.3 is 10.2 Å². The smallest absolute Gasteiger partial charge is 0.352 e. The van der Waals surface area contributed by atoms with Gasteiger partial charge in [-0.1, -0.05) is 24.3 Å². The molecule has 4 aromatic rings. The Morgan fingerprint density at radius 1 is 1.00 bits per heavy atom. The maximum atomic E-state index is 13.4. The molecule has 178 valence electrons. The third kappa shape index (κ3) is 4.51. The maximum absolute atomic E-state index is 13.4. The van der Waals surface area contributed by atoms with E-state index in [1.807, 2.05) is 41.3 Å². The van der Waals surface area contributed by atoms with Gasteiger partial charge in [0.25, 0.3) is 5.91 Å². The van der Waals surface area contributed by atoms with E-state index in [-0.39, 0.29) is 0 Å². The van der Waals surface area contributed by atoms with Crippen molar-refractivity contribution < 1.29 is 22.4 Å². The van der Waals surface area contributed by atoms with E-state index in [1.165, 1.54) is 0 Å². The number of amides is 1. The summed E-state index contributed by atoms with van der Waals surface area (Å²) in [6, 6.07) is 13.0. The van der Waals surface area contributed by atoms with Crippen LogP contribution < -0.4 is 10.2 Å². The molecule has 6 nitrogen and oxygen atoms in total. The van der Waals surface area contributed by atoms with Gasteiger partial charge in [-0.05, 0) is 36.8 Å². The van der Waals surface area contributed by atoms with E-state index in [0.29, 0.717) is 37.1 Å². The van der Waals surface area contributed by atoms with E-state index < -0.39 is 35.1 Å². The first-order chi connectivity index (χ1) is 16.8. The molecule has 2 aromatic carbocycles. The normalized spacial score (nSPS) is 16.0. The summed E-state index contributed by atoms with van der Waals surface area (Å²) in [7, 11) is 0. The van der Waals surface area contributed by atoms with Gasteiger partial charge >= 0.3 is 6.18 Å². The van der Waals surface area contributed by atoms with Crippen LogP contribution in [0.3, 0.4) is 0 Å². The highest BCUT2D eigenvalue weighted by molar-refractivity contribution is 6.00. The van der Waals surface area contributed by atoms with E-state index in [4.69, 9.17) is 0 Å². The van der Waals surface area contributed by atoms with E-state index in [9.17, 15) is 22.4 Å². The fourth-order valence-electron chi connectivity index (χ4n) is 4.33. The Kier molecular flexibility index (Phi) is 5.80. The van der Waals surface area contributed by atoms with Crippen LogP contribution in [0.4, 0.5) is 23.4 Å². The standard InChI is InChI=1S/C25H19F4N5O/c26-16-5-6-20(21(13-16)25(27,28)29)24(35)31-17-9-12-34(14-17)23-19-4-2-1-3-18(19)22(32-33-23)15-7-10-30-11-8-15/h1-8,10-11,13,17H,9,12,14H2,(H,31,35). The molecule has 1 saturated heterocycles. The molecular weight excluding hydrogens is 462 g/mol. The molecule has 2 aromatic heterocycles. The molecule has 1 amide bonds. The minimum Gasteiger partial charge on any atom is -0.352 e. The van der Waals surface area contributed by atoms with E-state index in [0.717, 1.165) is 28.5 Å². The average molecular weight is 481 g/mol. The van der Waals surface area contributed by atoms with Crippen molar-refractivity contribution in [3.8, 4) is 11.3 Å². The largest absolute Gasteiger partial charge is 0.417 e. The molecule has 1 atom stereocenters. The number of benzene rings is 2. The monoisotopic (exact) mass is 481 g/mol. The molecule has 0 radical (unpaired) electrons. The van der Waals surface area contributed by atoms with Crippen molar-refractivity contribution in [2.24, 2.45) is 0 Å². The van der Waals surface area contributed by atoms with Gasteiger partial charge in [0.2, 0.25) is 0 Å². The van der Waals surface area contributed by atoms with Gasteiger partial charge in [0.05, 0.1) is 11.1 Å². The molecule has 5 rings (SSSR count). The maximum Gasteiger partial charge on any atom is 0.417 e. The third-order valence-electron chi connectivity index (χ3n) is 5.98. The second-order valence-electron chi connectivity index (χ2n) is 8.25. The Hall–Kier alpha value is -4.08. The highest BCUT2D eigenvalue weighted by Crippen LogP contribution is 2.34. The number of aromatic nitrogens is 3. The predicted molar refractivity (Wildman–Crippen MR) is 122 cm³/mol. The van der Waals surface area contributed by atoms with Gasteiger partial charge in [-0.25, -0.2) is 4.39 Å². The average Bonchev–Trinajstić information content (AvgIpc) is 3.31. The molecule has 10 heteroatoms. The number of alkyl halides is 3. The predicted octanol–water partition coefficient (Wildman–Crippen LogP) is 4.86. The number of nitrogens with zero attached hydrogens (tertiary/aromatic N) is 4. The zero-order chi connectivity index (χ0) is 24.6. The van der Waals surface area contributed by atoms with Crippen LogP contribution in [0.2, 0.25) is 0 Å². The molecule has 1 fully saturated rings. The number of pyridine rings is 1. The van der Waals surface area contributed by atoms with Crippen molar-refractivity contribution in [3.63, 3.8) is 0 Å². The summed E-state index contributed by atoms with van der Waals surface area (Å²) in [5.74, 6) is -1.32. The van der Waals surface area contributed by atoms with Crippen LogP contribution in [-0.2, 0) is 6.18 Å². The summed E-state index contributed by atoms with van der Waals surface area (Å²) >= 11 is 0. The first-order valence-corrected chi connectivity index (χ1v) is 10.9. The fraction of sp³-hybridized carbons (Fsp3) is 0.200. The second-order valence-corrected chi connectivity index (χ2v) is 8.25. The van der Waals surface area contributed by atoms with Crippen molar-refractivity contribution in [1.29, 1.82) is 0 Å². The number of carbonyl (C=O) groups is 1. The number of anilines is 1. The van der Waals surface area contributed by atoms with Crippen LogP contribution >= 0.6 is 0 Å². The van der Waals surface area contributed by atoms with Crippen LogP contribution in [0.5, 0.6) is 0 Å². The third-order valence-corrected chi connectivity index (χ3v) is 5.98. The number of carbonyl (C=O) groups excluding carboxylic acids is 1. The molecule has 0 bridgehead atoms. The number of rotatable bonds is 4. The van der Waals surface area contributed by atoms with Gasteiger partial charge in [-0.2, -0.15) is 13.2 Å². The number of halogens is 4. The second kappa shape index (κ2) is 8.94. The van der Waals surface area contributed by atoms with Gasteiger partial charge in [-0.15, -0.1) is 10.2 Å². The lowest BCUT2D eigenvalue weighted by Crippen LogP contribution is -2.38. The quantitative estimate of drug-likeness (QED) is 0.422. The molecule has 0 saturated carbocycles.